The van der Waals surface area contributed by atoms with E-state index in [0.717, 1.165) is 10.9 Å². The Morgan fingerprint density at radius 3 is 2.56 bits per heavy atom. The van der Waals surface area contributed by atoms with E-state index >= 15 is 0 Å². The third-order valence-corrected chi connectivity index (χ3v) is 4.66. The number of sulfonamides is 1. The van der Waals surface area contributed by atoms with E-state index in [1.54, 1.807) is 29.1 Å². The summed E-state index contributed by atoms with van der Waals surface area (Å²) in [5.41, 5.74) is 0.792. The van der Waals surface area contributed by atoms with Gasteiger partial charge in [0.1, 0.15) is 17.4 Å². The number of aromatic nitrogens is 1. The van der Waals surface area contributed by atoms with Crippen molar-refractivity contribution in [2.75, 3.05) is 6.61 Å². The van der Waals surface area contributed by atoms with Gasteiger partial charge >= 0.3 is 0 Å². The van der Waals surface area contributed by atoms with Gasteiger partial charge in [0, 0.05) is 23.2 Å². The second-order valence-electron chi connectivity index (χ2n) is 5.12. The Labute approximate surface area is 141 Å². The number of halogens is 2. The Morgan fingerprint density at radius 2 is 1.84 bits per heavy atom. The van der Waals surface area contributed by atoms with Crippen molar-refractivity contribution in [1.29, 1.82) is 0 Å². The van der Waals surface area contributed by atoms with E-state index in [4.69, 9.17) is 4.74 Å². The molecule has 0 fully saturated rings. The summed E-state index contributed by atoms with van der Waals surface area (Å²) in [5, 5.41) is 0.727. The Bertz CT molecular complexity index is 1030. The van der Waals surface area contributed by atoms with E-state index in [2.05, 4.69) is 4.98 Å². The summed E-state index contributed by atoms with van der Waals surface area (Å²) in [4.78, 5) is 14.1. The average Bonchev–Trinajstić information content (AvgIpc) is 3.00. The van der Waals surface area contributed by atoms with Crippen LogP contribution in [-0.4, -0.2) is 25.9 Å². The van der Waals surface area contributed by atoms with Gasteiger partial charge < -0.3 is 9.72 Å². The van der Waals surface area contributed by atoms with Crippen molar-refractivity contribution in [2.45, 2.75) is 4.90 Å². The van der Waals surface area contributed by atoms with E-state index < -0.39 is 39.1 Å². The lowest BCUT2D eigenvalue weighted by Crippen LogP contribution is -2.34. The van der Waals surface area contributed by atoms with Gasteiger partial charge in [0.2, 0.25) is 0 Å². The van der Waals surface area contributed by atoms with Gasteiger partial charge in [0.25, 0.3) is 15.9 Å². The molecule has 0 radical (unpaired) electrons. The van der Waals surface area contributed by atoms with Crippen LogP contribution in [0.1, 0.15) is 0 Å². The number of nitrogens with one attached hydrogen (secondary N) is 2. The van der Waals surface area contributed by atoms with Crippen LogP contribution < -0.4 is 9.46 Å². The minimum Gasteiger partial charge on any atom is -0.483 e. The van der Waals surface area contributed by atoms with Gasteiger partial charge in [-0.15, -0.1) is 0 Å². The summed E-state index contributed by atoms with van der Waals surface area (Å²) in [7, 11) is -4.41. The van der Waals surface area contributed by atoms with Crippen LogP contribution >= 0.6 is 0 Å². The number of carbonyl (C=O) groups excluding carboxylic acids is 1. The fourth-order valence-corrected chi connectivity index (χ4v) is 3.26. The fraction of sp³-hybridized carbons (Fsp3) is 0.0625. The van der Waals surface area contributed by atoms with E-state index in [1.165, 1.54) is 0 Å². The maximum absolute atomic E-state index is 13.1. The Kier molecular flexibility index (Phi) is 4.41. The number of hydrogen-bond acceptors (Lipinski definition) is 4. The van der Waals surface area contributed by atoms with Crippen LogP contribution in [0.2, 0.25) is 0 Å². The molecule has 0 unspecified atom stereocenters. The van der Waals surface area contributed by atoms with Crippen LogP contribution in [0.25, 0.3) is 10.9 Å². The molecule has 130 valence electrons. The largest absolute Gasteiger partial charge is 0.483 e. The highest BCUT2D eigenvalue weighted by Crippen LogP contribution is 2.24. The van der Waals surface area contributed by atoms with Crippen molar-refractivity contribution in [1.82, 2.24) is 9.71 Å². The highest BCUT2D eigenvalue weighted by Gasteiger charge is 2.20. The minimum atomic E-state index is -4.41. The first-order chi connectivity index (χ1) is 11.8. The van der Waals surface area contributed by atoms with Crippen LogP contribution in [0.4, 0.5) is 8.78 Å². The number of fused-ring (bicyclic) bond motifs is 1. The molecule has 0 saturated heterocycles. The summed E-state index contributed by atoms with van der Waals surface area (Å²) in [6, 6.07) is 8.64. The highest BCUT2D eigenvalue weighted by atomic mass is 32.2. The number of benzene rings is 2. The van der Waals surface area contributed by atoms with Crippen molar-refractivity contribution in [3.8, 4) is 5.75 Å². The first-order valence-corrected chi connectivity index (χ1v) is 8.54. The Hall–Kier alpha value is -2.94. The monoisotopic (exact) mass is 366 g/mol. The molecule has 2 N–H and O–H groups in total. The molecule has 1 amide bonds. The van der Waals surface area contributed by atoms with E-state index in [0.29, 0.717) is 23.9 Å². The minimum absolute atomic E-state index is 0.392. The molecule has 1 aromatic heterocycles. The second-order valence-corrected chi connectivity index (χ2v) is 6.80. The topological polar surface area (TPSA) is 88.3 Å². The van der Waals surface area contributed by atoms with Crippen LogP contribution in [0.5, 0.6) is 5.75 Å². The molecule has 0 atom stereocenters. The number of H-pyrrole nitrogens is 1. The molecular weight excluding hydrogens is 354 g/mol. The number of ether oxygens (including phenoxy) is 1. The summed E-state index contributed by atoms with van der Waals surface area (Å²) in [5.74, 6) is -2.72. The lowest BCUT2D eigenvalue weighted by molar-refractivity contribution is -0.121. The number of hydrogen-bond donors (Lipinski definition) is 2. The van der Waals surface area contributed by atoms with Crippen molar-refractivity contribution in [2.24, 2.45) is 0 Å². The Balaban J connectivity index is 1.70. The molecule has 0 aliphatic rings. The van der Waals surface area contributed by atoms with Crippen LogP contribution in [0, 0.1) is 11.6 Å². The molecule has 3 aromatic rings. The zero-order chi connectivity index (χ0) is 18.0. The molecule has 1 heterocycles. The summed E-state index contributed by atoms with van der Waals surface area (Å²) in [6.45, 7) is -0.582. The molecule has 0 aliphatic carbocycles. The maximum atomic E-state index is 13.1. The molecule has 0 saturated carbocycles. The van der Waals surface area contributed by atoms with E-state index in [9.17, 15) is 22.0 Å². The molecule has 6 nitrogen and oxygen atoms in total. The highest BCUT2D eigenvalue weighted by molar-refractivity contribution is 7.90. The molecule has 3 rings (SSSR count). The lowest BCUT2D eigenvalue weighted by atomic mass is 10.2. The SMILES string of the molecule is O=C(COc1cccc2[nH]ccc12)NS(=O)(=O)c1cc(F)cc(F)c1. The quantitative estimate of drug-likeness (QED) is 0.725. The van der Waals surface area contributed by atoms with Gasteiger partial charge in [-0.3, -0.25) is 4.79 Å². The summed E-state index contributed by atoms with van der Waals surface area (Å²) >= 11 is 0. The van der Waals surface area contributed by atoms with Gasteiger partial charge in [-0.2, -0.15) is 0 Å². The number of aromatic amines is 1. The van der Waals surface area contributed by atoms with E-state index in [1.807, 2.05) is 6.07 Å². The number of amides is 1. The Morgan fingerprint density at radius 1 is 1.12 bits per heavy atom. The zero-order valence-electron chi connectivity index (χ0n) is 12.6. The van der Waals surface area contributed by atoms with Crippen molar-refractivity contribution < 1.29 is 26.7 Å². The number of rotatable bonds is 5. The van der Waals surface area contributed by atoms with Gasteiger partial charge in [0.05, 0.1) is 4.90 Å². The first kappa shape index (κ1) is 16.9. The normalized spacial score (nSPS) is 11.4. The first-order valence-electron chi connectivity index (χ1n) is 7.06. The van der Waals surface area contributed by atoms with Crippen molar-refractivity contribution in [3.05, 3.63) is 60.3 Å². The van der Waals surface area contributed by atoms with Crippen molar-refractivity contribution >= 4 is 26.8 Å². The maximum Gasteiger partial charge on any atom is 0.271 e. The van der Waals surface area contributed by atoms with Crippen LogP contribution in [-0.2, 0) is 14.8 Å². The molecule has 0 bridgehead atoms. The van der Waals surface area contributed by atoms with Crippen molar-refractivity contribution in [3.63, 3.8) is 0 Å². The summed E-state index contributed by atoms with van der Waals surface area (Å²) in [6.07, 6.45) is 1.69. The third kappa shape index (κ3) is 3.77. The molecule has 25 heavy (non-hydrogen) atoms. The van der Waals surface area contributed by atoms with Gasteiger partial charge in [-0.05, 0) is 30.3 Å². The second kappa shape index (κ2) is 6.52. The van der Waals surface area contributed by atoms with Crippen LogP contribution in [0.15, 0.2) is 53.6 Å². The molecule has 2 aromatic carbocycles. The lowest BCUT2D eigenvalue weighted by Gasteiger charge is -2.09. The standard InChI is InChI=1S/C16H12F2N2O4S/c17-10-6-11(18)8-12(7-10)25(22,23)20-16(21)9-24-15-3-1-2-14-13(15)4-5-19-14/h1-8,19H,9H2,(H,20,21). The molecule has 0 aliphatic heterocycles. The van der Waals surface area contributed by atoms with Gasteiger partial charge in [0.15, 0.2) is 6.61 Å². The van der Waals surface area contributed by atoms with Crippen LogP contribution in [0.3, 0.4) is 0 Å². The smallest absolute Gasteiger partial charge is 0.271 e. The molecule has 9 heteroatoms. The predicted molar refractivity (Wildman–Crippen MR) is 85.5 cm³/mol. The molecular formula is C16H12F2N2O4S. The third-order valence-electron chi connectivity index (χ3n) is 3.31. The molecule has 0 spiro atoms. The predicted octanol–water partition coefficient (Wildman–Crippen LogP) is 2.33. The summed E-state index contributed by atoms with van der Waals surface area (Å²) < 4.78 is 57.3. The van der Waals surface area contributed by atoms with Gasteiger partial charge in [-0.25, -0.2) is 21.9 Å². The van der Waals surface area contributed by atoms with E-state index in [-0.39, 0.29) is 0 Å². The fourth-order valence-electron chi connectivity index (χ4n) is 2.25. The number of carbonyl (C=O) groups is 1. The average molecular weight is 366 g/mol. The zero-order valence-corrected chi connectivity index (χ0v) is 13.4. The van der Waals surface area contributed by atoms with Gasteiger partial charge in [-0.1, -0.05) is 6.07 Å².